The van der Waals surface area contributed by atoms with Crippen LogP contribution in [0.4, 0.5) is 14.6 Å². The quantitative estimate of drug-likeness (QED) is 0.795. The number of halogens is 3. The largest absolute Gasteiger partial charge is 0.383 e. The van der Waals surface area contributed by atoms with Crippen LogP contribution in [0, 0.1) is 0 Å². The van der Waals surface area contributed by atoms with Crippen molar-refractivity contribution in [1.29, 1.82) is 0 Å². The Labute approximate surface area is 86.4 Å². The highest BCUT2D eigenvalue weighted by Crippen LogP contribution is 2.28. The first-order valence-electron chi connectivity index (χ1n) is 3.47. The van der Waals surface area contributed by atoms with Crippen molar-refractivity contribution in [1.82, 2.24) is 4.98 Å². The minimum atomic E-state index is -2.82. The van der Waals surface area contributed by atoms with Gasteiger partial charge in [0, 0.05) is 5.56 Å². The highest BCUT2D eigenvalue weighted by atomic mass is 79.9. The topological polar surface area (TPSA) is 82.0 Å². The van der Waals surface area contributed by atoms with Crippen molar-refractivity contribution < 1.29 is 13.6 Å². The number of pyridine rings is 1. The number of aromatic nitrogens is 1. The number of anilines is 1. The van der Waals surface area contributed by atoms with Crippen LogP contribution in [-0.2, 0) is 0 Å². The molecule has 0 spiro atoms. The van der Waals surface area contributed by atoms with E-state index in [-0.39, 0.29) is 10.4 Å². The van der Waals surface area contributed by atoms with Gasteiger partial charge in [0.15, 0.2) is 0 Å². The van der Waals surface area contributed by atoms with Crippen LogP contribution in [0.25, 0.3) is 0 Å². The molecule has 1 aromatic rings. The fraction of sp³-hybridized carbons (Fsp3) is 0.143. The Balaban J connectivity index is 3.44. The first-order valence-corrected chi connectivity index (χ1v) is 4.26. The molecule has 1 aromatic heterocycles. The van der Waals surface area contributed by atoms with Crippen LogP contribution in [0.1, 0.15) is 22.3 Å². The second kappa shape index (κ2) is 3.87. The average Bonchev–Trinajstić information content (AvgIpc) is 2.01. The third-order valence-corrected chi connectivity index (χ3v) is 1.93. The Morgan fingerprint density at radius 2 is 2.14 bits per heavy atom. The Hall–Kier alpha value is -1.24. The van der Waals surface area contributed by atoms with E-state index in [0.717, 1.165) is 6.07 Å². The molecule has 0 aliphatic heterocycles. The van der Waals surface area contributed by atoms with Gasteiger partial charge in [0.1, 0.15) is 10.4 Å². The number of hydrogen-bond donors (Lipinski definition) is 2. The molecule has 0 saturated heterocycles. The van der Waals surface area contributed by atoms with Crippen molar-refractivity contribution in [2.75, 3.05) is 5.73 Å². The summed E-state index contributed by atoms with van der Waals surface area (Å²) in [6, 6.07) is 1.02. The van der Waals surface area contributed by atoms with Crippen molar-refractivity contribution in [2.24, 2.45) is 5.73 Å². The summed E-state index contributed by atoms with van der Waals surface area (Å²) in [5.41, 5.74) is 9.24. The van der Waals surface area contributed by atoms with Crippen molar-refractivity contribution in [3.8, 4) is 0 Å². The van der Waals surface area contributed by atoms with E-state index in [1.165, 1.54) is 0 Å². The number of alkyl halides is 2. The van der Waals surface area contributed by atoms with Gasteiger partial charge in [-0.2, -0.15) is 0 Å². The summed E-state index contributed by atoms with van der Waals surface area (Å²) < 4.78 is 25.0. The summed E-state index contributed by atoms with van der Waals surface area (Å²) in [4.78, 5) is 14.4. The van der Waals surface area contributed by atoms with Crippen LogP contribution in [0.3, 0.4) is 0 Å². The van der Waals surface area contributed by atoms with Crippen LogP contribution >= 0.6 is 15.9 Å². The molecule has 0 unspecified atom stereocenters. The van der Waals surface area contributed by atoms with E-state index in [1.807, 2.05) is 0 Å². The molecule has 4 nitrogen and oxygen atoms in total. The normalized spacial score (nSPS) is 10.6. The standard InChI is InChI=1S/C7H6BrF2N3O/c8-3-1-2(5(9)10)4(7(12)14)6(11)13-3/h1,5H,(H2,11,13)(H2,12,14). The zero-order valence-electron chi connectivity index (χ0n) is 6.80. The number of rotatable bonds is 2. The number of hydrogen-bond acceptors (Lipinski definition) is 3. The van der Waals surface area contributed by atoms with Gasteiger partial charge >= 0.3 is 0 Å². The van der Waals surface area contributed by atoms with Crippen molar-refractivity contribution in [3.63, 3.8) is 0 Å². The van der Waals surface area contributed by atoms with E-state index < -0.39 is 23.5 Å². The van der Waals surface area contributed by atoms with Crippen LogP contribution in [-0.4, -0.2) is 10.9 Å². The van der Waals surface area contributed by atoms with E-state index in [1.54, 1.807) is 0 Å². The van der Waals surface area contributed by atoms with Crippen molar-refractivity contribution >= 4 is 27.7 Å². The lowest BCUT2D eigenvalue weighted by molar-refractivity contribution is 0.0986. The number of nitrogens with two attached hydrogens (primary N) is 2. The Morgan fingerprint density at radius 3 is 2.57 bits per heavy atom. The maximum atomic E-state index is 12.4. The molecule has 76 valence electrons. The summed E-state index contributed by atoms with van der Waals surface area (Å²) >= 11 is 2.89. The third-order valence-electron chi connectivity index (χ3n) is 1.53. The monoisotopic (exact) mass is 265 g/mol. The van der Waals surface area contributed by atoms with Crippen LogP contribution < -0.4 is 11.5 Å². The molecule has 0 fully saturated rings. The molecule has 0 saturated carbocycles. The SMILES string of the molecule is NC(=O)c1c(C(F)F)cc(Br)nc1N. The highest BCUT2D eigenvalue weighted by molar-refractivity contribution is 9.10. The van der Waals surface area contributed by atoms with Crippen LogP contribution in [0.15, 0.2) is 10.7 Å². The maximum Gasteiger partial charge on any atom is 0.264 e. The minimum Gasteiger partial charge on any atom is -0.383 e. The van der Waals surface area contributed by atoms with Crippen LogP contribution in [0.2, 0.25) is 0 Å². The molecule has 14 heavy (non-hydrogen) atoms. The van der Waals surface area contributed by atoms with Gasteiger partial charge in [0.25, 0.3) is 12.3 Å². The summed E-state index contributed by atoms with van der Waals surface area (Å²) in [6.45, 7) is 0. The molecule has 1 amide bonds. The van der Waals surface area contributed by atoms with Gasteiger partial charge < -0.3 is 11.5 Å². The Kier molecular flexibility index (Phi) is 3.00. The summed E-state index contributed by atoms with van der Waals surface area (Å²) in [7, 11) is 0. The Bertz CT molecular complexity index is 383. The zero-order valence-corrected chi connectivity index (χ0v) is 8.38. The number of nitrogens with zero attached hydrogens (tertiary/aromatic N) is 1. The average molecular weight is 266 g/mol. The van der Waals surface area contributed by atoms with Crippen molar-refractivity contribution in [2.45, 2.75) is 6.43 Å². The van der Waals surface area contributed by atoms with Gasteiger partial charge in [-0.1, -0.05) is 0 Å². The van der Waals surface area contributed by atoms with Gasteiger partial charge in [-0.3, -0.25) is 4.79 Å². The fourth-order valence-electron chi connectivity index (χ4n) is 0.992. The molecule has 1 heterocycles. The zero-order chi connectivity index (χ0) is 10.9. The number of carbonyl (C=O) groups excluding carboxylic acids is 1. The van der Waals surface area contributed by atoms with Gasteiger partial charge in [-0.15, -0.1) is 0 Å². The number of primary amides is 1. The lowest BCUT2D eigenvalue weighted by Gasteiger charge is -2.08. The molecule has 0 radical (unpaired) electrons. The maximum absolute atomic E-state index is 12.4. The molecule has 1 rings (SSSR count). The molecular weight excluding hydrogens is 260 g/mol. The fourth-order valence-corrected chi connectivity index (χ4v) is 1.43. The van der Waals surface area contributed by atoms with Gasteiger partial charge in [-0.25, -0.2) is 13.8 Å². The number of nitrogen functional groups attached to an aromatic ring is 1. The highest BCUT2D eigenvalue weighted by Gasteiger charge is 2.21. The molecule has 0 bridgehead atoms. The Morgan fingerprint density at radius 1 is 1.57 bits per heavy atom. The number of amides is 1. The molecule has 0 atom stereocenters. The second-order valence-electron chi connectivity index (χ2n) is 2.46. The lowest BCUT2D eigenvalue weighted by Crippen LogP contribution is -2.17. The number of carbonyl (C=O) groups is 1. The molecular formula is C7H6BrF2N3O. The summed E-state index contributed by atoms with van der Waals surface area (Å²) in [5.74, 6) is -1.32. The summed E-state index contributed by atoms with van der Waals surface area (Å²) in [5, 5.41) is 0. The van der Waals surface area contributed by atoms with Gasteiger partial charge in [-0.05, 0) is 22.0 Å². The molecule has 0 aliphatic rings. The van der Waals surface area contributed by atoms with E-state index >= 15 is 0 Å². The second-order valence-corrected chi connectivity index (χ2v) is 3.27. The van der Waals surface area contributed by atoms with Gasteiger partial charge in [0.2, 0.25) is 0 Å². The molecule has 4 N–H and O–H groups in total. The summed E-state index contributed by atoms with van der Waals surface area (Å²) in [6.07, 6.45) is -2.82. The van der Waals surface area contributed by atoms with Gasteiger partial charge in [0.05, 0.1) is 5.56 Å². The van der Waals surface area contributed by atoms with E-state index in [9.17, 15) is 13.6 Å². The molecule has 7 heteroatoms. The smallest absolute Gasteiger partial charge is 0.264 e. The predicted octanol–water partition coefficient (Wildman–Crippen LogP) is 1.46. The van der Waals surface area contributed by atoms with E-state index in [2.05, 4.69) is 20.9 Å². The van der Waals surface area contributed by atoms with E-state index in [0.29, 0.717) is 0 Å². The predicted molar refractivity (Wildman–Crippen MR) is 49.8 cm³/mol. The molecule has 0 aromatic carbocycles. The lowest BCUT2D eigenvalue weighted by atomic mass is 10.1. The van der Waals surface area contributed by atoms with Crippen molar-refractivity contribution in [3.05, 3.63) is 21.8 Å². The van der Waals surface area contributed by atoms with E-state index in [4.69, 9.17) is 11.5 Å². The van der Waals surface area contributed by atoms with Crippen LogP contribution in [0.5, 0.6) is 0 Å². The first-order chi connectivity index (χ1) is 6.43. The first kappa shape index (κ1) is 10.8. The molecule has 0 aliphatic carbocycles. The third kappa shape index (κ3) is 1.98. The minimum absolute atomic E-state index is 0.135.